The van der Waals surface area contributed by atoms with E-state index >= 15 is 0 Å². The lowest BCUT2D eigenvalue weighted by Crippen LogP contribution is -2.07. The molecule has 0 saturated carbocycles. The summed E-state index contributed by atoms with van der Waals surface area (Å²) in [5, 5.41) is 11.7. The standard InChI is InChI=1S/C16H11ClF2INO3/c1-2-5-24-14-8-13(18)15(19)11(16(14)21(22)23)6-9-3-4-10(20)7-12(9)17/h2-4,7-8H,1,5-6H2. The molecule has 0 aliphatic rings. The van der Waals surface area contributed by atoms with Gasteiger partial charge in [-0.3, -0.25) is 10.1 Å². The van der Waals surface area contributed by atoms with Crippen molar-refractivity contribution in [2.24, 2.45) is 0 Å². The van der Waals surface area contributed by atoms with Gasteiger partial charge in [-0.1, -0.05) is 30.3 Å². The van der Waals surface area contributed by atoms with Gasteiger partial charge in [0.2, 0.25) is 5.75 Å². The van der Waals surface area contributed by atoms with Crippen molar-refractivity contribution in [2.45, 2.75) is 6.42 Å². The van der Waals surface area contributed by atoms with Crippen molar-refractivity contribution in [3.8, 4) is 5.75 Å². The van der Waals surface area contributed by atoms with Crippen molar-refractivity contribution in [1.82, 2.24) is 0 Å². The van der Waals surface area contributed by atoms with Crippen LogP contribution in [-0.2, 0) is 6.42 Å². The second-order valence-electron chi connectivity index (χ2n) is 4.77. The predicted molar refractivity (Wildman–Crippen MR) is 95.7 cm³/mol. The lowest BCUT2D eigenvalue weighted by molar-refractivity contribution is -0.386. The summed E-state index contributed by atoms with van der Waals surface area (Å²) >= 11 is 8.14. The highest BCUT2D eigenvalue weighted by molar-refractivity contribution is 14.1. The molecule has 0 heterocycles. The SMILES string of the molecule is C=CCOc1cc(F)c(F)c(Cc2ccc(I)cc2Cl)c1[N+](=O)[O-]. The first kappa shape index (κ1) is 18.6. The number of hydrogen-bond donors (Lipinski definition) is 0. The van der Waals surface area contributed by atoms with Crippen LogP contribution in [-0.4, -0.2) is 11.5 Å². The van der Waals surface area contributed by atoms with Gasteiger partial charge in [-0.05, 0) is 40.3 Å². The maximum Gasteiger partial charge on any atom is 0.317 e. The second kappa shape index (κ2) is 7.89. The molecule has 24 heavy (non-hydrogen) atoms. The molecule has 0 unspecified atom stereocenters. The van der Waals surface area contributed by atoms with Crippen molar-refractivity contribution in [2.75, 3.05) is 6.61 Å². The molecule has 2 aromatic carbocycles. The molecule has 0 N–H and O–H groups in total. The Hall–Kier alpha value is -1.74. The van der Waals surface area contributed by atoms with E-state index < -0.39 is 27.8 Å². The summed E-state index contributed by atoms with van der Waals surface area (Å²) in [4.78, 5) is 10.6. The van der Waals surface area contributed by atoms with Gasteiger partial charge in [-0.2, -0.15) is 0 Å². The van der Waals surface area contributed by atoms with Crippen molar-refractivity contribution in [1.29, 1.82) is 0 Å². The fourth-order valence-corrected chi connectivity index (χ4v) is 3.04. The molecule has 0 bridgehead atoms. The monoisotopic (exact) mass is 465 g/mol. The third-order valence-electron chi connectivity index (χ3n) is 3.17. The summed E-state index contributed by atoms with van der Waals surface area (Å²) in [5.74, 6) is -2.87. The van der Waals surface area contributed by atoms with Gasteiger partial charge >= 0.3 is 5.69 Å². The van der Waals surface area contributed by atoms with Crippen LogP contribution in [0.4, 0.5) is 14.5 Å². The quantitative estimate of drug-likeness (QED) is 0.252. The highest BCUT2D eigenvalue weighted by Crippen LogP contribution is 2.37. The molecule has 0 atom stereocenters. The van der Waals surface area contributed by atoms with Gasteiger partial charge in [0.25, 0.3) is 0 Å². The molecule has 4 nitrogen and oxygen atoms in total. The Morgan fingerprint density at radius 3 is 2.67 bits per heavy atom. The molecule has 0 saturated heterocycles. The van der Waals surface area contributed by atoms with Gasteiger partial charge in [0.15, 0.2) is 11.6 Å². The first-order chi connectivity index (χ1) is 11.3. The predicted octanol–water partition coefficient (Wildman–Crippen LogP) is 5.29. The van der Waals surface area contributed by atoms with E-state index in [1.807, 2.05) is 22.6 Å². The summed E-state index contributed by atoms with van der Waals surface area (Å²) in [5.41, 5.74) is -0.591. The normalized spacial score (nSPS) is 10.5. The van der Waals surface area contributed by atoms with Crippen molar-refractivity contribution in [3.05, 3.63) is 78.4 Å². The summed E-state index contributed by atoms with van der Waals surface area (Å²) in [6.07, 6.45) is 1.11. The molecule has 2 rings (SSSR count). The number of hydrogen-bond acceptors (Lipinski definition) is 3. The lowest BCUT2D eigenvalue weighted by atomic mass is 10.0. The molecule has 0 fully saturated rings. The third kappa shape index (κ3) is 4.02. The number of nitrogens with zero attached hydrogens (tertiary/aromatic N) is 1. The summed E-state index contributed by atoms with van der Waals surface area (Å²) in [6.45, 7) is 3.35. The Morgan fingerprint density at radius 2 is 2.08 bits per heavy atom. The van der Waals surface area contributed by atoms with Gasteiger partial charge in [0.1, 0.15) is 6.61 Å². The first-order valence-corrected chi connectivity index (χ1v) is 8.13. The highest BCUT2D eigenvalue weighted by Gasteiger charge is 2.28. The average molecular weight is 466 g/mol. The molecule has 0 aromatic heterocycles. The Morgan fingerprint density at radius 1 is 1.38 bits per heavy atom. The van der Waals surface area contributed by atoms with Crippen LogP contribution in [0.2, 0.25) is 5.02 Å². The molecule has 0 aliphatic carbocycles. The van der Waals surface area contributed by atoms with Crippen LogP contribution in [0.3, 0.4) is 0 Å². The van der Waals surface area contributed by atoms with E-state index in [-0.39, 0.29) is 18.8 Å². The maximum atomic E-state index is 14.2. The van der Waals surface area contributed by atoms with E-state index in [1.165, 1.54) is 6.08 Å². The van der Waals surface area contributed by atoms with Crippen molar-refractivity contribution < 1.29 is 18.4 Å². The number of nitro benzene ring substituents is 1. The molecule has 0 aliphatic heterocycles. The van der Waals surface area contributed by atoms with Gasteiger partial charge in [-0.15, -0.1) is 0 Å². The van der Waals surface area contributed by atoms with Gasteiger partial charge in [-0.25, -0.2) is 8.78 Å². The lowest BCUT2D eigenvalue weighted by Gasteiger charge is -2.11. The van der Waals surface area contributed by atoms with Crippen LogP contribution >= 0.6 is 34.2 Å². The van der Waals surface area contributed by atoms with E-state index in [1.54, 1.807) is 18.2 Å². The van der Waals surface area contributed by atoms with Crippen molar-refractivity contribution >= 4 is 39.9 Å². The Balaban J connectivity index is 2.59. The molecule has 8 heteroatoms. The fourth-order valence-electron chi connectivity index (χ4n) is 2.12. The molecular formula is C16H11ClF2INO3. The zero-order valence-electron chi connectivity index (χ0n) is 12.2. The Kier molecular flexibility index (Phi) is 6.11. The van der Waals surface area contributed by atoms with E-state index in [4.69, 9.17) is 16.3 Å². The van der Waals surface area contributed by atoms with Gasteiger partial charge in [0, 0.05) is 21.1 Å². The smallest absolute Gasteiger partial charge is 0.317 e. The van der Waals surface area contributed by atoms with Crippen LogP contribution in [0.1, 0.15) is 11.1 Å². The first-order valence-electron chi connectivity index (χ1n) is 6.68. The number of ether oxygens (including phenoxy) is 1. The van der Waals surface area contributed by atoms with Crippen LogP contribution in [0.5, 0.6) is 5.75 Å². The third-order valence-corrected chi connectivity index (χ3v) is 4.20. The largest absolute Gasteiger partial charge is 0.483 e. The topological polar surface area (TPSA) is 52.4 Å². The molecule has 126 valence electrons. The van der Waals surface area contributed by atoms with Crippen LogP contribution in [0, 0.1) is 25.3 Å². The molecular weight excluding hydrogens is 455 g/mol. The van der Waals surface area contributed by atoms with Crippen LogP contribution in [0.15, 0.2) is 36.9 Å². The molecule has 0 radical (unpaired) electrons. The van der Waals surface area contributed by atoms with E-state index in [9.17, 15) is 18.9 Å². The zero-order valence-corrected chi connectivity index (χ0v) is 15.1. The van der Waals surface area contributed by atoms with Crippen LogP contribution in [0.25, 0.3) is 0 Å². The maximum absolute atomic E-state index is 14.2. The minimum Gasteiger partial charge on any atom is -0.483 e. The summed E-state index contributed by atoms with van der Waals surface area (Å²) in [7, 11) is 0. The number of rotatable bonds is 6. The minimum atomic E-state index is -1.29. The van der Waals surface area contributed by atoms with E-state index in [0.717, 1.165) is 3.57 Å². The second-order valence-corrected chi connectivity index (χ2v) is 6.42. The average Bonchev–Trinajstić information content (AvgIpc) is 2.51. The Labute approximate surface area is 155 Å². The van der Waals surface area contributed by atoms with E-state index in [2.05, 4.69) is 6.58 Å². The minimum absolute atomic E-state index is 0.0738. The number of nitro groups is 1. The number of halogens is 4. The number of benzene rings is 2. The molecule has 0 spiro atoms. The van der Waals surface area contributed by atoms with Crippen molar-refractivity contribution in [3.63, 3.8) is 0 Å². The molecule has 0 amide bonds. The Bertz CT molecular complexity index is 814. The highest BCUT2D eigenvalue weighted by atomic mass is 127. The summed E-state index contributed by atoms with van der Waals surface area (Å²) < 4.78 is 34.0. The van der Waals surface area contributed by atoms with Gasteiger partial charge < -0.3 is 4.74 Å². The van der Waals surface area contributed by atoms with Gasteiger partial charge in [0.05, 0.1) is 10.5 Å². The molecule has 2 aromatic rings. The zero-order chi connectivity index (χ0) is 17.9. The van der Waals surface area contributed by atoms with Crippen LogP contribution < -0.4 is 4.74 Å². The van der Waals surface area contributed by atoms with E-state index in [0.29, 0.717) is 16.7 Å². The summed E-state index contributed by atoms with van der Waals surface area (Å²) in [6, 6.07) is 5.63. The fraction of sp³-hybridized carbons (Fsp3) is 0.125.